The van der Waals surface area contributed by atoms with Crippen molar-refractivity contribution in [1.29, 1.82) is 0 Å². The molecule has 2 N–H and O–H groups in total. The van der Waals surface area contributed by atoms with Crippen LogP contribution in [0.15, 0.2) is 0 Å². The second-order valence-electron chi connectivity index (χ2n) is 5.59. The van der Waals surface area contributed by atoms with Gasteiger partial charge in [0.05, 0.1) is 6.10 Å². The number of piperidine rings is 1. The van der Waals surface area contributed by atoms with Crippen LogP contribution < -0.4 is 5.73 Å². The van der Waals surface area contributed by atoms with E-state index >= 15 is 0 Å². The van der Waals surface area contributed by atoms with E-state index in [1.165, 1.54) is 38.8 Å². The maximum atomic E-state index is 5.95. The fraction of sp³-hybridized carbons (Fsp3) is 1.00. The van der Waals surface area contributed by atoms with E-state index in [1.54, 1.807) is 0 Å². The minimum atomic E-state index is 0.385. The minimum absolute atomic E-state index is 0.385. The van der Waals surface area contributed by atoms with Crippen LogP contribution in [0.1, 0.15) is 25.7 Å². The summed E-state index contributed by atoms with van der Waals surface area (Å²) in [5, 5.41) is 0. The Labute approximate surface area is 105 Å². The van der Waals surface area contributed by atoms with Crippen LogP contribution in [0.5, 0.6) is 0 Å². The molecular formula is C13H27N3O. The Bertz CT molecular complexity index is 221. The lowest BCUT2D eigenvalue weighted by Crippen LogP contribution is -2.53. The molecule has 4 nitrogen and oxygen atoms in total. The molecule has 2 fully saturated rings. The van der Waals surface area contributed by atoms with Crippen LogP contribution >= 0.6 is 0 Å². The van der Waals surface area contributed by atoms with Crippen molar-refractivity contribution in [3.63, 3.8) is 0 Å². The Morgan fingerprint density at radius 2 is 2.00 bits per heavy atom. The summed E-state index contributed by atoms with van der Waals surface area (Å²) in [6.45, 7) is 4.00. The van der Waals surface area contributed by atoms with Gasteiger partial charge in [-0.1, -0.05) is 0 Å². The third-order valence-electron chi connectivity index (χ3n) is 4.33. The predicted molar refractivity (Wildman–Crippen MR) is 70.1 cm³/mol. The van der Waals surface area contributed by atoms with E-state index in [4.69, 9.17) is 10.5 Å². The van der Waals surface area contributed by atoms with E-state index in [-0.39, 0.29) is 0 Å². The van der Waals surface area contributed by atoms with E-state index < -0.39 is 0 Å². The van der Waals surface area contributed by atoms with Gasteiger partial charge in [-0.15, -0.1) is 0 Å². The van der Waals surface area contributed by atoms with E-state index in [2.05, 4.69) is 23.9 Å². The van der Waals surface area contributed by atoms with E-state index in [0.717, 1.165) is 19.2 Å². The summed E-state index contributed by atoms with van der Waals surface area (Å²) in [5.41, 5.74) is 5.95. The second-order valence-corrected chi connectivity index (χ2v) is 5.59. The fourth-order valence-electron chi connectivity index (χ4n) is 3.18. The number of rotatable bonds is 4. The molecule has 0 radical (unpaired) electrons. The van der Waals surface area contributed by atoms with Gasteiger partial charge in [0.15, 0.2) is 0 Å². The van der Waals surface area contributed by atoms with Crippen molar-refractivity contribution in [2.45, 2.75) is 43.9 Å². The zero-order valence-corrected chi connectivity index (χ0v) is 11.3. The zero-order chi connectivity index (χ0) is 12.3. The maximum absolute atomic E-state index is 5.95. The van der Waals surface area contributed by atoms with Gasteiger partial charge >= 0.3 is 0 Å². The van der Waals surface area contributed by atoms with Gasteiger partial charge in [-0.05, 0) is 39.8 Å². The summed E-state index contributed by atoms with van der Waals surface area (Å²) < 4.78 is 5.80. The number of ether oxygens (including phenoxy) is 1. The summed E-state index contributed by atoms with van der Waals surface area (Å²) in [4.78, 5) is 4.90. The van der Waals surface area contributed by atoms with Crippen LogP contribution in [0, 0.1) is 0 Å². The first-order valence-corrected chi connectivity index (χ1v) is 6.94. The molecule has 2 heterocycles. The first kappa shape index (κ1) is 13.3. The smallest absolute Gasteiger partial charge is 0.0743 e. The topological polar surface area (TPSA) is 41.7 Å². The lowest BCUT2D eigenvalue weighted by molar-refractivity contribution is 0.00992. The molecular weight excluding hydrogens is 214 g/mol. The molecule has 17 heavy (non-hydrogen) atoms. The summed E-state index contributed by atoms with van der Waals surface area (Å²) in [6.07, 6.45) is 5.30. The summed E-state index contributed by atoms with van der Waals surface area (Å²) in [6, 6.07) is 1.19. The highest BCUT2D eigenvalue weighted by Crippen LogP contribution is 2.23. The molecule has 0 aliphatic carbocycles. The maximum Gasteiger partial charge on any atom is 0.0743 e. The molecule has 100 valence electrons. The quantitative estimate of drug-likeness (QED) is 0.779. The third-order valence-corrected chi connectivity index (χ3v) is 4.33. The van der Waals surface area contributed by atoms with Gasteiger partial charge in [-0.25, -0.2) is 0 Å². The van der Waals surface area contributed by atoms with Gasteiger partial charge in [0.25, 0.3) is 0 Å². The molecule has 2 aliphatic rings. The molecule has 0 aromatic carbocycles. The van der Waals surface area contributed by atoms with Gasteiger partial charge in [-0.2, -0.15) is 0 Å². The standard InChI is InChI=1S/C13H27N3O/c1-15(2)11-5-7-16(8-6-11)12(10-14)13-4-3-9-17-13/h11-13H,3-10,14H2,1-2H3. The number of likely N-dealkylation sites (tertiary alicyclic amines) is 1. The third kappa shape index (κ3) is 3.19. The summed E-state index contributed by atoms with van der Waals surface area (Å²) >= 11 is 0. The fourth-order valence-corrected chi connectivity index (χ4v) is 3.18. The van der Waals surface area contributed by atoms with Crippen LogP contribution in [-0.2, 0) is 4.74 Å². The van der Waals surface area contributed by atoms with Crippen molar-refractivity contribution in [2.24, 2.45) is 5.73 Å². The molecule has 2 aliphatic heterocycles. The van der Waals surface area contributed by atoms with E-state index in [0.29, 0.717) is 12.1 Å². The highest BCUT2D eigenvalue weighted by Gasteiger charge is 2.32. The molecule has 2 rings (SSSR count). The van der Waals surface area contributed by atoms with Crippen molar-refractivity contribution in [1.82, 2.24) is 9.80 Å². The van der Waals surface area contributed by atoms with Crippen molar-refractivity contribution < 1.29 is 4.74 Å². The molecule has 2 unspecified atom stereocenters. The first-order valence-electron chi connectivity index (χ1n) is 6.94. The molecule has 0 bridgehead atoms. The normalized spacial score (nSPS) is 30.0. The van der Waals surface area contributed by atoms with Crippen molar-refractivity contribution in [3.8, 4) is 0 Å². The molecule has 0 spiro atoms. The van der Waals surface area contributed by atoms with Gasteiger partial charge in [0, 0.05) is 38.3 Å². The summed E-state index contributed by atoms with van der Waals surface area (Å²) in [5.74, 6) is 0. The number of nitrogens with zero attached hydrogens (tertiary/aromatic N) is 2. The average molecular weight is 241 g/mol. The van der Waals surface area contributed by atoms with Crippen LogP contribution in [0.4, 0.5) is 0 Å². The van der Waals surface area contributed by atoms with Crippen molar-refractivity contribution in [2.75, 3.05) is 40.3 Å². The Morgan fingerprint density at radius 1 is 1.29 bits per heavy atom. The zero-order valence-electron chi connectivity index (χ0n) is 11.3. The van der Waals surface area contributed by atoms with E-state index in [1.807, 2.05) is 0 Å². The number of hydrogen-bond acceptors (Lipinski definition) is 4. The lowest BCUT2D eigenvalue weighted by Gasteiger charge is -2.40. The minimum Gasteiger partial charge on any atom is -0.377 e. The van der Waals surface area contributed by atoms with Crippen LogP contribution in [0.2, 0.25) is 0 Å². The van der Waals surface area contributed by atoms with Crippen LogP contribution in [-0.4, -0.2) is 68.3 Å². The van der Waals surface area contributed by atoms with Gasteiger partial charge in [0.1, 0.15) is 0 Å². The molecule has 0 amide bonds. The highest BCUT2D eigenvalue weighted by atomic mass is 16.5. The van der Waals surface area contributed by atoms with E-state index in [9.17, 15) is 0 Å². The molecule has 0 aromatic heterocycles. The Morgan fingerprint density at radius 3 is 2.47 bits per heavy atom. The molecule has 2 atom stereocenters. The van der Waals surface area contributed by atoms with Gasteiger partial charge < -0.3 is 15.4 Å². The predicted octanol–water partition coefficient (Wildman–Crippen LogP) is 0.519. The lowest BCUT2D eigenvalue weighted by atomic mass is 9.99. The SMILES string of the molecule is CN(C)C1CCN(C(CN)C2CCCO2)CC1. The summed E-state index contributed by atoms with van der Waals surface area (Å²) in [7, 11) is 4.36. The Hall–Kier alpha value is -0.160. The number of nitrogens with two attached hydrogens (primary N) is 1. The Balaban J connectivity index is 1.85. The first-order chi connectivity index (χ1) is 8.22. The van der Waals surface area contributed by atoms with Gasteiger partial charge in [-0.3, -0.25) is 4.90 Å². The van der Waals surface area contributed by atoms with Crippen molar-refractivity contribution >= 4 is 0 Å². The molecule has 0 saturated carbocycles. The molecule has 0 aromatic rings. The van der Waals surface area contributed by atoms with Crippen LogP contribution in [0.3, 0.4) is 0 Å². The highest BCUT2D eigenvalue weighted by molar-refractivity contribution is 4.88. The van der Waals surface area contributed by atoms with Crippen molar-refractivity contribution in [3.05, 3.63) is 0 Å². The average Bonchev–Trinajstić information content (AvgIpc) is 2.84. The van der Waals surface area contributed by atoms with Gasteiger partial charge in [0.2, 0.25) is 0 Å². The largest absolute Gasteiger partial charge is 0.377 e. The number of hydrogen-bond donors (Lipinski definition) is 1. The Kier molecular flexibility index (Phi) is 4.79. The van der Waals surface area contributed by atoms with Crippen LogP contribution in [0.25, 0.3) is 0 Å². The molecule has 4 heteroatoms. The second kappa shape index (κ2) is 6.14. The molecule has 2 saturated heterocycles. The monoisotopic (exact) mass is 241 g/mol.